The molecule has 0 saturated carbocycles. The Morgan fingerprint density at radius 2 is 1.02 bits per heavy atom. The average molecular weight is 726 g/mol. The number of nitrogens with zero attached hydrogens (tertiary/aromatic N) is 1. The highest BCUT2D eigenvalue weighted by Gasteiger charge is 2.47. The molecule has 0 heterocycles. The third-order valence-electron chi connectivity index (χ3n) is 13.6. The minimum Gasteiger partial charge on any atom is -0.310 e. The second-order valence-corrected chi connectivity index (χ2v) is 17.8. The molecular weight excluding hydrogens is 675 g/mol. The Labute approximate surface area is 333 Å². The monoisotopic (exact) mass is 725 g/mol. The van der Waals surface area contributed by atoms with Crippen LogP contribution in [-0.2, 0) is 29.1 Å². The average Bonchev–Trinajstić information content (AvgIpc) is 3.53. The van der Waals surface area contributed by atoms with Gasteiger partial charge in [0.15, 0.2) is 0 Å². The van der Waals surface area contributed by atoms with Crippen molar-refractivity contribution >= 4 is 17.1 Å². The summed E-state index contributed by atoms with van der Waals surface area (Å²) < 4.78 is 0. The Kier molecular flexibility index (Phi) is 8.22. The van der Waals surface area contributed by atoms with Crippen LogP contribution in [0.4, 0.5) is 17.1 Å². The van der Waals surface area contributed by atoms with Gasteiger partial charge in [-0.25, -0.2) is 0 Å². The number of aryl methyl sites for hydroxylation is 1. The molecule has 1 heteroatoms. The zero-order valence-corrected chi connectivity index (χ0v) is 33.3. The number of anilines is 3. The molecule has 1 nitrogen and oxygen atoms in total. The van der Waals surface area contributed by atoms with Crippen LogP contribution in [0.1, 0.15) is 97.9 Å². The topological polar surface area (TPSA) is 3.24 Å². The summed E-state index contributed by atoms with van der Waals surface area (Å²) in [6, 6.07) is 62.4. The van der Waals surface area contributed by atoms with E-state index in [0.29, 0.717) is 0 Å². The smallest absolute Gasteiger partial charge is 0.0714 e. The van der Waals surface area contributed by atoms with E-state index >= 15 is 0 Å². The Morgan fingerprint density at radius 1 is 0.411 bits per heavy atom. The molecule has 0 atom stereocenters. The Morgan fingerprint density at radius 3 is 1.73 bits per heavy atom. The van der Waals surface area contributed by atoms with Crippen LogP contribution in [0.3, 0.4) is 0 Å². The minimum atomic E-state index is -0.498. The van der Waals surface area contributed by atoms with Crippen LogP contribution >= 0.6 is 0 Å². The number of hydrogen-bond acceptors (Lipinski definition) is 1. The number of fused-ring (bicyclic) bond motifs is 5. The van der Waals surface area contributed by atoms with Gasteiger partial charge in [0, 0.05) is 16.9 Å². The van der Waals surface area contributed by atoms with Gasteiger partial charge in [-0.3, -0.25) is 0 Å². The Hall–Kier alpha value is -5.66. The Balaban J connectivity index is 1.34. The molecule has 0 spiro atoms. The molecule has 10 rings (SSSR count). The lowest BCUT2D eigenvalue weighted by Gasteiger charge is -2.42. The fraction of sp³-hybridized carbons (Fsp3) is 0.236. The van der Waals surface area contributed by atoms with Gasteiger partial charge in [0.25, 0.3) is 0 Å². The van der Waals surface area contributed by atoms with Crippen LogP contribution in [0, 0.1) is 0 Å². The summed E-state index contributed by atoms with van der Waals surface area (Å²) in [5.41, 5.74) is 19.9. The van der Waals surface area contributed by atoms with Gasteiger partial charge in [0.2, 0.25) is 0 Å². The first-order valence-corrected chi connectivity index (χ1v) is 20.8. The minimum absolute atomic E-state index is 0.0832. The fourth-order valence-corrected chi connectivity index (χ4v) is 10.6. The third-order valence-corrected chi connectivity index (χ3v) is 13.6. The van der Waals surface area contributed by atoms with Crippen molar-refractivity contribution < 1.29 is 0 Å². The van der Waals surface area contributed by atoms with Crippen molar-refractivity contribution in [3.8, 4) is 22.3 Å². The largest absolute Gasteiger partial charge is 0.310 e. The number of benzene rings is 7. The van der Waals surface area contributed by atoms with Crippen LogP contribution in [0.2, 0.25) is 0 Å². The van der Waals surface area contributed by atoms with Crippen molar-refractivity contribution in [3.05, 3.63) is 208 Å². The Bertz CT molecular complexity index is 2540. The third kappa shape index (κ3) is 5.35. The molecule has 3 aliphatic rings. The molecule has 0 bridgehead atoms. The second-order valence-electron chi connectivity index (χ2n) is 17.8. The lowest BCUT2D eigenvalue weighted by molar-refractivity contribution is 0.332. The summed E-state index contributed by atoms with van der Waals surface area (Å²) in [7, 11) is 0. The van der Waals surface area contributed by atoms with Gasteiger partial charge in [-0.05, 0) is 147 Å². The zero-order valence-electron chi connectivity index (χ0n) is 33.3. The summed E-state index contributed by atoms with van der Waals surface area (Å²) in [5, 5.41) is 0. The number of para-hydroxylation sites is 1. The van der Waals surface area contributed by atoms with E-state index in [0.717, 1.165) is 12.8 Å². The van der Waals surface area contributed by atoms with Gasteiger partial charge in [-0.1, -0.05) is 155 Å². The summed E-state index contributed by atoms with van der Waals surface area (Å²) >= 11 is 0. The molecule has 3 aliphatic carbocycles. The molecule has 0 aliphatic heterocycles. The van der Waals surface area contributed by atoms with Crippen molar-refractivity contribution in [2.45, 2.75) is 82.5 Å². The van der Waals surface area contributed by atoms with Gasteiger partial charge in [0.1, 0.15) is 0 Å². The lowest BCUT2D eigenvalue weighted by atomic mass is 9.63. The van der Waals surface area contributed by atoms with Crippen LogP contribution in [-0.4, -0.2) is 0 Å². The summed E-state index contributed by atoms with van der Waals surface area (Å²) in [6.45, 7) is 9.74. The van der Waals surface area contributed by atoms with E-state index in [1.165, 1.54) is 110 Å². The molecule has 276 valence electrons. The first kappa shape index (κ1) is 34.8. The molecule has 0 radical (unpaired) electrons. The maximum absolute atomic E-state index is 2.59. The predicted octanol–water partition coefficient (Wildman–Crippen LogP) is 14.4. The van der Waals surface area contributed by atoms with E-state index in [-0.39, 0.29) is 10.8 Å². The normalized spacial score (nSPS) is 16.9. The molecule has 7 aromatic carbocycles. The molecule has 0 unspecified atom stereocenters. The highest BCUT2D eigenvalue weighted by Crippen LogP contribution is 2.59. The quantitative estimate of drug-likeness (QED) is 0.165. The predicted molar refractivity (Wildman–Crippen MR) is 236 cm³/mol. The van der Waals surface area contributed by atoms with E-state index in [2.05, 4.69) is 196 Å². The summed E-state index contributed by atoms with van der Waals surface area (Å²) in [6.07, 6.45) is 7.13. The SMILES string of the molecule is CC1(C)CCC(C)(C)c2cc(N(c3ccccc3)c3cc4c(cc3-c3cccc5c3CCCC5)-c3ccccc3C4(c3ccccc3)c3ccccc3)ccc21. The highest BCUT2D eigenvalue weighted by atomic mass is 15.1. The van der Waals surface area contributed by atoms with Crippen molar-refractivity contribution in [1.82, 2.24) is 0 Å². The standard InChI is InChI=1S/C55H51N/c1-53(2)33-34-54(3,4)51-35-42(31-32-49(51)53)56(41-25-12-7-13-26-41)52-37-50-46(36-47(52)44-29-18-20-38-19-14-15-27-43(38)44)45-28-16-17-30-48(45)55(50,39-21-8-5-9-22-39)40-23-10-6-11-24-40/h5-13,16-18,20-26,28-32,35-37H,14-15,19,27,33-34H2,1-4H3. The molecule has 56 heavy (non-hydrogen) atoms. The van der Waals surface area contributed by atoms with Gasteiger partial charge in [0.05, 0.1) is 11.1 Å². The van der Waals surface area contributed by atoms with Crippen LogP contribution in [0.15, 0.2) is 164 Å². The van der Waals surface area contributed by atoms with Crippen molar-refractivity contribution in [3.63, 3.8) is 0 Å². The highest BCUT2D eigenvalue weighted by molar-refractivity contribution is 5.97. The first-order chi connectivity index (χ1) is 27.3. The molecule has 7 aromatic rings. The summed E-state index contributed by atoms with van der Waals surface area (Å²) in [5.74, 6) is 0. The maximum Gasteiger partial charge on any atom is 0.0714 e. The lowest BCUT2D eigenvalue weighted by Crippen LogP contribution is -2.34. The van der Waals surface area contributed by atoms with Crippen molar-refractivity contribution in [2.24, 2.45) is 0 Å². The van der Waals surface area contributed by atoms with E-state index in [1.54, 1.807) is 0 Å². The first-order valence-electron chi connectivity index (χ1n) is 20.8. The molecular formula is C55H51N. The molecule has 0 fully saturated rings. The van der Waals surface area contributed by atoms with E-state index < -0.39 is 5.41 Å². The van der Waals surface area contributed by atoms with Crippen molar-refractivity contribution in [1.29, 1.82) is 0 Å². The van der Waals surface area contributed by atoms with E-state index in [4.69, 9.17) is 0 Å². The summed E-state index contributed by atoms with van der Waals surface area (Å²) in [4.78, 5) is 2.58. The van der Waals surface area contributed by atoms with E-state index in [9.17, 15) is 0 Å². The number of hydrogen-bond donors (Lipinski definition) is 0. The van der Waals surface area contributed by atoms with Gasteiger partial charge < -0.3 is 4.90 Å². The maximum atomic E-state index is 2.59. The molecule has 0 saturated heterocycles. The molecule has 0 N–H and O–H groups in total. The van der Waals surface area contributed by atoms with Crippen LogP contribution in [0.25, 0.3) is 22.3 Å². The fourth-order valence-electron chi connectivity index (χ4n) is 10.6. The molecule has 0 aromatic heterocycles. The van der Waals surface area contributed by atoms with Gasteiger partial charge >= 0.3 is 0 Å². The van der Waals surface area contributed by atoms with Crippen molar-refractivity contribution in [2.75, 3.05) is 4.90 Å². The second kappa shape index (κ2) is 13.2. The molecule has 0 amide bonds. The van der Waals surface area contributed by atoms with Crippen LogP contribution in [0.5, 0.6) is 0 Å². The van der Waals surface area contributed by atoms with E-state index in [1.807, 2.05) is 0 Å². The zero-order chi connectivity index (χ0) is 38.1. The van der Waals surface area contributed by atoms with Gasteiger partial charge in [-0.15, -0.1) is 0 Å². The number of rotatable bonds is 6. The van der Waals surface area contributed by atoms with Gasteiger partial charge in [-0.2, -0.15) is 0 Å². The van der Waals surface area contributed by atoms with Crippen LogP contribution < -0.4 is 4.90 Å².